The zero-order valence-corrected chi connectivity index (χ0v) is 25.2. The van der Waals surface area contributed by atoms with Crippen LogP contribution in [-0.4, -0.2) is 46.9 Å². The molecule has 10 nitrogen and oxygen atoms in total. The number of hydrogen-bond acceptors (Lipinski definition) is 7. The van der Waals surface area contributed by atoms with E-state index >= 15 is 0 Å². The molecule has 2 aliphatic heterocycles. The Morgan fingerprint density at radius 2 is 1.83 bits per heavy atom. The van der Waals surface area contributed by atoms with Crippen LogP contribution in [0.4, 0.5) is 20.2 Å². The van der Waals surface area contributed by atoms with Gasteiger partial charge in [-0.05, 0) is 60.6 Å². The van der Waals surface area contributed by atoms with Gasteiger partial charge in [0.2, 0.25) is 0 Å². The lowest BCUT2D eigenvalue weighted by Crippen LogP contribution is -2.33. The van der Waals surface area contributed by atoms with Crippen LogP contribution < -0.4 is 26.8 Å². The number of rotatable bonds is 8. The molecule has 0 spiro atoms. The Morgan fingerprint density at radius 1 is 1.00 bits per heavy atom. The van der Waals surface area contributed by atoms with E-state index in [0.717, 1.165) is 51.8 Å². The molecule has 6 rings (SSSR count). The summed E-state index contributed by atoms with van der Waals surface area (Å²) in [5, 5.41) is 12.3. The number of benzene rings is 3. The predicted molar refractivity (Wildman–Crippen MR) is 172 cm³/mol. The minimum atomic E-state index is -1.03. The molecule has 0 atom stereocenters. The molecule has 0 fully saturated rings. The van der Waals surface area contributed by atoms with Crippen LogP contribution in [0.3, 0.4) is 0 Å². The quantitative estimate of drug-likeness (QED) is 0.220. The van der Waals surface area contributed by atoms with Gasteiger partial charge in [0, 0.05) is 42.8 Å². The van der Waals surface area contributed by atoms with Crippen molar-refractivity contribution in [1.82, 2.24) is 25.1 Å². The smallest absolute Gasteiger partial charge is 0.266 e. The van der Waals surface area contributed by atoms with Crippen LogP contribution in [0, 0.1) is 11.6 Å². The second-order valence-electron chi connectivity index (χ2n) is 11.3. The molecule has 46 heavy (non-hydrogen) atoms. The van der Waals surface area contributed by atoms with Crippen molar-refractivity contribution < 1.29 is 18.4 Å². The topological polar surface area (TPSA) is 120 Å². The zero-order chi connectivity index (χ0) is 32.4. The van der Waals surface area contributed by atoms with Gasteiger partial charge in [-0.3, -0.25) is 19.0 Å². The molecular weight excluding hydrogens is 592 g/mol. The number of halogens is 2. The second-order valence-corrected chi connectivity index (χ2v) is 11.3. The highest BCUT2D eigenvalue weighted by atomic mass is 19.2. The number of anilines is 2. The fourth-order valence-electron chi connectivity index (χ4n) is 5.43. The summed E-state index contributed by atoms with van der Waals surface area (Å²) in [5.41, 5.74) is 5.64. The monoisotopic (exact) mass is 623 g/mol. The Labute approximate surface area is 263 Å². The van der Waals surface area contributed by atoms with Gasteiger partial charge >= 0.3 is 0 Å². The fraction of sp³-hybridized carbons (Fsp3) is 0.176. The summed E-state index contributed by atoms with van der Waals surface area (Å²) >= 11 is 0. The molecule has 0 radical (unpaired) electrons. The van der Waals surface area contributed by atoms with E-state index < -0.39 is 23.1 Å². The number of nitrogens with one attached hydrogen (secondary N) is 4. The molecule has 3 heterocycles. The maximum absolute atomic E-state index is 13.6. The third-order valence-electron chi connectivity index (χ3n) is 7.60. The van der Waals surface area contributed by atoms with E-state index in [0.29, 0.717) is 29.2 Å². The van der Waals surface area contributed by atoms with E-state index in [2.05, 4.69) is 43.3 Å². The zero-order valence-electron chi connectivity index (χ0n) is 25.2. The van der Waals surface area contributed by atoms with Gasteiger partial charge in [-0.2, -0.15) is 0 Å². The van der Waals surface area contributed by atoms with Gasteiger partial charge in [-0.1, -0.05) is 42.5 Å². The summed E-state index contributed by atoms with van der Waals surface area (Å²) < 4.78 is 28.0. The number of fused-ring (bicyclic) bond motifs is 2. The molecule has 0 bridgehead atoms. The summed E-state index contributed by atoms with van der Waals surface area (Å²) in [7, 11) is 4.06. The number of carbonyl (C=O) groups excluding carboxylic acids is 2. The molecule has 0 unspecified atom stereocenters. The largest absolute Gasteiger partial charge is 0.367 e. The lowest BCUT2D eigenvalue weighted by molar-refractivity contribution is -0.110. The number of aromatic nitrogens is 2. The molecule has 234 valence electrons. The Kier molecular flexibility index (Phi) is 8.45. The van der Waals surface area contributed by atoms with Crippen molar-refractivity contribution >= 4 is 34.8 Å². The Hall–Kier alpha value is -5.62. The van der Waals surface area contributed by atoms with Crippen LogP contribution in [0.1, 0.15) is 38.2 Å². The van der Waals surface area contributed by atoms with Crippen LogP contribution in [0.15, 0.2) is 83.8 Å². The van der Waals surface area contributed by atoms with Crippen LogP contribution >= 0.6 is 0 Å². The number of hydrogen-bond donors (Lipinski definition) is 4. The third kappa shape index (κ3) is 6.42. The fourth-order valence-corrected chi connectivity index (χ4v) is 5.43. The van der Waals surface area contributed by atoms with Crippen molar-refractivity contribution in [2.75, 3.05) is 31.3 Å². The van der Waals surface area contributed by atoms with Crippen molar-refractivity contribution in [1.29, 1.82) is 0 Å². The first kappa shape index (κ1) is 30.4. The van der Waals surface area contributed by atoms with Crippen molar-refractivity contribution in [3.05, 3.63) is 134 Å². The van der Waals surface area contributed by atoms with E-state index in [1.165, 1.54) is 18.0 Å². The molecule has 1 aromatic heterocycles. The Balaban J connectivity index is 1.10. The molecule has 0 aliphatic carbocycles. The molecule has 4 aromatic rings. The summed E-state index contributed by atoms with van der Waals surface area (Å²) in [4.78, 5) is 44.6. The summed E-state index contributed by atoms with van der Waals surface area (Å²) in [5.74, 6) is -2.20. The van der Waals surface area contributed by atoms with E-state index in [9.17, 15) is 23.2 Å². The van der Waals surface area contributed by atoms with E-state index in [-0.39, 0.29) is 24.6 Å². The molecule has 0 saturated heterocycles. The van der Waals surface area contributed by atoms with Crippen molar-refractivity contribution in [2.45, 2.75) is 19.6 Å². The maximum atomic E-state index is 13.6. The average Bonchev–Trinajstić information content (AvgIpc) is 3.36. The first-order valence-corrected chi connectivity index (χ1v) is 14.6. The van der Waals surface area contributed by atoms with Crippen molar-refractivity contribution in [3.8, 4) is 0 Å². The molecule has 2 amide bonds. The minimum absolute atomic E-state index is 0.0748. The maximum Gasteiger partial charge on any atom is 0.266 e. The summed E-state index contributed by atoms with van der Waals surface area (Å²) in [6.07, 6.45) is 5.91. The molecule has 0 saturated carbocycles. The number of nitrogens with zero attached hydrogens (tertiary/aromatic N) is 3. The SMILES string of the molecule is CN(C)Cc1ccc2c(c1)CNC(=C1C(=O)Nc3cc(C=CCNC(=O)c4cncn(Cc5ccc(F)c(F)c5)c4=O)ccc31)N2. The van der Waals surface area contributed by atoms with Gasteiger partial charge in [-0.15, -0.1) is 0 Å². The second kappa shape index (κ2) is 12.8. The number of amides is 2. The highest BCUT2D eigenvalue weighted by Gasteiger charge is 2.29. The summed E-state index contributed by atoms with van der Waals surface area (Å²) in [6.45, 7) is 1.49. The highest BCUT2D eigenvalue weighted by molar-refractivity contribution is 6.32. The van der Waals surface area contributed by atoms with Crippen LogP contribution in [-0.2, 0) is 24.4 Å². The standard InChI is InChI=1S/C34H31F2N7O3/c1-42(2)17-21-7-10-28-23(12-21)15-39-31(40-28)30-24-8-5-20(14-29(24)41-33(30)45)4-3-11-38-32(44)25-16-37-19-43(34(25)46)18-22-6-9-26(35)27(36)13-22/h3-10,12-14,16,19,39-40H,11,15,17-18H2,1-2H3,(H,38,44)(H,41,45). The summed E-state index contributed by atoms with van der Waals surface area (Å²) in [6, 6.07) is 15.2. The Bertz CT molecular complexity index is 1980. The van der Waals surface area contributed by atoms with Gasteiger partial charge in [0.15, 0.2) is 11.6 Å². The highest BCUT2D eigenvalue weighted by Crippen LogP contribution is 2.36. The van der Waals surface area contributed by atoms with E-state index in [1.807, 2.05) is 38.4 Å². The lowest BCUT2D eigenvalue weighted by Gasteiger charge is -2.25. The van der Waals surface area contributed by atoms with Gasteiger partial charge in [0.1, 0.15) is 11.4 Å². The lowest BCUT2D eigenvalue weighted by atomic mass is 10.0. The minimum Gasteiger partial charge on any atom is -0.367 e. The molecule has 2 aliphatic rings. The van der Waals surface area contributed by atoms with Crippen LogP contribution in [0.2, 0.25) is 0 Å². The molecule has 12 heteroatoms. The van der Waals surface area contributed by atoms with Crippen LogP contribution in [0.5, 0.6) is 0 Å². The van der Waals surface area contributed by atoms with Gasteiger partial charge in [-0.25, -0.2) is 13.8 Å². The van der Waals surface area contributed by atoms with E-state index in [1.54, 1.807) is 12.2 Å². The van der Waals surface area contributed by atoms with Crippen molar-refractivity contribution in [2.24, 2.45) is 0 Å². The first-order valence-electron chi connectivity index (χ1n) is 14.6. The van der Waals surface area contributed by atoms with E-state index in [4.69, 9.17) is 0 Å². The predicted octanol–water partition coefficient (Wildman–Crippen LogP) is 3.91. The van der Waals surface area contributed by atoms with Gasteiger partial charge in [0.05, 0.1) is 18.4 Å². The normalized spacial score (nSPS) is 15.3. The van der Waals surface area contributed by atoms with Gasteiger partial charge < -0.3 is 26.2 Å². The third-order valence-corrected chi connectivity index (χ3v) is 7.60. The average molecular weight is 624 g/mol. The van der Waals surface area contributed by atoms with Gasteiger partial charge in [0.25, 0.3) is 17.4 Å². The van der Waals surface area contributed by atoms with Crippen LogP contribution in [0.25, 0.3) is 11.6 Å². The first-order chi connectivity index (χ1) is 22.2. The molecular formula is C34H31F2N7O3. The molecule has 4 N–H and O–H groups in total. The van der Waals surface area contributed by atoms with Crippen molar-refractivity contribution in [3.63, 3.8) is 0 Å². The number of carbonyl (C=O) groups is 2. The molecule has 3 aromatic carbocycles. The Morgan fingerprint density at radius 3 is 2.63 bits per heavy atom.